The summed E-state index contributed by atoms with van der Waals surface area (Å²) >= 11 is 5.66. The van der Waals surface area contributed by atoms with Gasteiger partial charge in [-0.25, -0.2) is 0 Å². The molecule has 1 unspecified atom stereocenters. The van der Waals surface area contributed by atoms with E-state index in [-0.39, 0.29) is 16.5 Å². The van der Waals surface area contributed by atoms with E-state index in [4.69, 9.17) is 21.4 Å². The average molecular weight is 317 g/mol. The number of carbonyl (C=O) groups excluding carboxylic acids is 1. The van der Waals surface area contributed by atoms with Gasteiger partial charge in [0.2, 0.25) is 0 Å². The Morgan fingerprint density at radius 2 is 2.05 bits per heavy atom. The van der Waals surface area contributed by atoms with Crippen molar-refractivity contribution in [3.05, 3.63) is 33.3 Å². The van der Waals surface area contributed by atoms with Crippen LogP contribution in [-0.2, 0) is 9.59 Å². The number of carboxylic acids is 1. The van der Waals surface area contributed by atoms with Gasteiger partial charge < -0.3 is 15.2 Å². The summed E-state index contributed by atoms with van der Waals surface area (Å²) in [7, 11) is 0. The van der Waals surface area contributed by atoms with E-state index in [1.165, 1.54) is 26.0 Å². The lowest BCUT2D eigenvalue weighted by molar-refractivity contribution is -0.386. The van der Waals surface area contributed by atoms with Gasteiger partial charge in [-0.05, 0) is 26.0 Å². The summed E-state index contributed by atoms with van der Waals surface area (Å²) in [5.41, 5.74) is -0.381. The number of amides is 1. The second-order valence-electron chi connectivity index (χ2n) is 4.20. The van der Waals surface area contributed by atoms with Crippen LogP contribution in [0.15, 0.2) is 18.2 Å². The number of hydrogen-bond acceptors (Lipinski definition) is 5. The van der Waals surface area contributed by atoms with E-state index in [2.05, 4.69) is 5.32 Å². The lowest BCUT2D eigenvalue weighted by Gasteiger charge is -2.16. The smallest absolute Gasteiger partial charge is 0.325 e. The Kier molecular flexibility index (Phi) is 5.48. The maximum absolute atomic E-state index is 11.7. The molecule has 0 aliphatic rings. The molecule has 0 spiro atoms. The molecule has 114 valence electrons. The molecule has 0 radical (unpaired) electrons. The first-order chi connectivity index (χ1) is 9.72. The van der Waals surface area contributed by atoms with Crippen LogP contribution in [0.5, 0.6) is 5.75 Å². The minimum Gasteiger partial charge on any atom is -0.480 e. The van der Waals surface area contributed by atoms with Gasteiger partial charge in [-0.3, -0.25) is 19.7 Å². The number of nitrogens with one attached hydrogen (secondary N) is 1. The SMILES string of the molecule is CC(Oc1ccc(Cl)cc1[N+](=O)[O-])C(=O)N[C@H](C)C(=O)O. The largest absolute Gasteiger partial charge is 0.480 e. The molecule has 0 bridgehead atoms. The fourth-order valence-electron chi connectivity index (χ4n) is 1.37. The number of nitro benzene ring substituents is 1. The average Bonchev–Trinajstić information content (AvgIpc) is 2.40. The number of nitrogens with zero attached hydrogens (tertiary/aromatic N) is 1. The van der Waals surface area contributed by atoms with Crippen LogP contribution in [0.25, 0.3) is 0 Å². The number of nitro groups is 1. The van der Waals surface area contributed by atoms with Gasteiger partial charge >= 0.3 is 11.7 Å². The number of halogens is 1. The Morgan fingerprint density at radius 1 is 1.43 bits per heavy atom. The molecular weight excluding hydrogens is 304 g/mol. The lowest BCUT2D eigenvalue weighted by Crippen LogP contribution is -2.44. The zero-order valence-electron chi connectivity index (χ0n) is 11.2. The van der Waals surface area contributed by atoms with Crippen molar-refractivity contribution in [1.82, 2.24) is 5.32 Å². The van der Waals surface area contributed by atoms with Crippen LogP contribution in [0.4, 0.5) is 5.69 Å². The first kappa shape index (κ1) is 16.7. The van der Waals surface area contributed by atoms with Crippen LogP contribution in [0.2, 0.25) is 5.02 Å². The molecule has 9 heteroatoms. The predicted molar refractivity (Wildman–Crippen MR) is 73.4 cm³/mol. The molecule has 8 nitrogen and oxygen atoms in total. The van der Waals surface area contributed by atoms with E-state index >= 15 is 0 Å². The summed E-state index contributed by atoms with van der Waals surface area (Å²) in [6, 6.07) is 2.66. The third-order valence-electron chi connectivity index (χ3n) is 2.52. The van der Waals surface area contributed by atoms with Gasteiger partial charge in [0, 0.05) is 11.1 Å². The van der Waals surface area contributed by atoms with Crippen molar-refractivity contribution in [1.29, 1.82) is 0 Å². The van der Waals surface area contributed by atoms with Gasteiger partial charge in [0.15, 0.2) is 11.9 Å². The van der Waals surface area contributed by atoms with E-state index in [9.17, 15) is 19.7 Å². The summed E-state index contributed by atoms with van der Waals surface area (Å²) < 4.78 is 5.20. The Labute approximate surface area is 124 Å². The summed E-state index contributed by atoms with van der Waals surface area (Å²) in [5.74, 6) is -2.03. The van der Waals surface area contributed by atoms with Crippen molar-refractivity contribution in [2.75, 3.05) is 0 Å². The van der Waals surface area contributed by atoms with Crippen molar-refractivity contribution >= 4 is 29.2 Å². The van der Waals surface area contributed by atoms with Crippen LogP contribution in [-0.4, -0.2) is 34.1 Å². The molecular formula is C12H13ClN2O6. The molecule has 2 N–H and O–H groups in total. The highest BCUT2D eigenvalue weighted by atomic mass is 35.5. The molecule has 1 rings (SSSR count). The molecule has 2 atom stereocenters. The minimum absolute atomic E-state index is 0.130. The molecule has 0 aromatic heterocycles. The van der Waals surface area contributed by atoms with Gasteiger partial charge in [-0.1, -0.05) is 11.6 Å². The van der Waals surface area contributed by atoms with Gasteiger partial charge in [0.05, 0.1) is 4.92 Å². The second-order valence-corrected chi connectivity index (χ2v) is 4.63. The predicted octanol–water partition coefficient (Wildman–Crippen LogP) is 1.60. The fraction of sp³-hybridized carbons (Fsp3) is 0.333. The summed E-state index contributed by atoms with van der Waals surface area (Å²) in [6.45, 7) is 2.64. The van der Waals surface area contributed by atoms with Crippen LogP contribution < -0.4 is 10.1 Å². The van der Waals surface area contributed by atoms with Gasteiger partial charge in [0.1, 0.15) is 6.04 Å². The molecule has 1 aromatic carbocycles. The quantitative estimate of drug-likeness (QED) is 0.608. The molecule has 0 saturated heterocycles. The van der Waals surface area contributed by atoms with E-state index in [1.807, 2.05) is 0 Å². The first-order valence-corrected chi connectivity index (χ1v) is 6.24. The van der Waals surface area contributed by atoms with Crippen LogP contribution in [0.1, 0.15) is 13.8 Å². The minimum atomic E-state index is -1.20. The third-order valence-corrected chi connectivity index (χ3v) is 2.75. The van der Waals surface area contributed by atoms with Crippen molar-refractivity contribution in [2.45, 2.75) is 26.0 Å². The number of aliphatic carboxylic acids is 1. The molecule has 0 aliphatic carbocycles. The highest BCUT2D eigenvalue weighted by Crippen LogP contribution is 2.30. The zero-order valence-corrected chi connectivity index (χ0v) is 12.0. The summed E-state index contributed by atoms with van der Waals surface area (Å²) in [5, 5.41) is 21.9. The highest BCUT2D eigenvalue weighted by molar-refractivity contribution is 6.30. The standard InChI is InChI=1S/C12H13ClN2O6/c1-6(12(17)18)14-11(16)7(2)21-10-4-3-8(13)5-9(10)15(19)20/h3-7H,1-2H3,(H,14,16)(H,17,18)/t6-,7?/m1/s1. The van der Waals surface area contributed by atoms with Crippen LogP contribution in [0, 0.1) is 10.1 Å². The van der Waals surface area contributed by atoms with Gasteiger partial charge in [-0.15, -0.1) is 0 Å². The number of rotatable bonds is 6. The Bertz CT molecular complexity index is 577. The first-order valence-electron chi connectivity index (χ1n) is 5.86. The Hall–Kier alpha value is -2.35. The maximum atomic E-state index is 11.7. The Balaban J connectivity index is 2.83. The zero-order chi connectivity index (χ0) is 16.2. The summed E-state index contributed by atoms with van der Waals surface area (Å²) in [6.07, 6.45) is -1.10. The second kappa shape index (κ2) is 6.89. The third kappa shape index (κ3) is 4.60. The normalized spacial score (nSPS) is 13.1. The molecule has 0 aliphatic heterocycles. The molecule has 21 heavy (non-hydrogen) atoms. The number of hydrogen-bond donors (Lipinski definition) is 2. The molecule has 0 heterocycles. The monoisotopic (exact) mass is 316 g/mol. The maximum Gasteiger partial charge on any atom is 0.325 e. The van der Waals surface area contributed by atoms with Gasteiger partial charge in [0.25, 0.3) is 5.91 Å². The van der Waals surface area contributed by atoms with Gasteiger partial charge in [-0.2, -0.15) is 0 Å². The fourth-order valence-corrected chi connectivity index (χ4v) is 1.54. The number of carboxylic acid groups (broad SMARTS) is 1. The van der Waals surface area contributed by atoms with E-state index < -0.39 is 28.9 Å². The van der Waals surface area contributed by atoms with E-state index in [1.54, 1.807) is 0 Å². The van der Waals surface area contributed by atoms with Crippen molar-refractivity contribution < 1.29 is 24.4 Å². The van der Waals surface area contributed by atoms with Crippen molar-refractivity contribution in [3.8, 4) is 5.75 Å². The number of ether oxygens (including phenoxy) is 1. The van der Waals surface area contributed by atoms with Crippen molar-refractivity contribution in [3.63, 3.8) is 0 Å². The topological polar surface area (TPSA) is 119 Å². The molecule has 0 fully saturated rings. The van der Waals surface area contributed by atoms with E-state index in [0.29, 0.717) is 0 Å². The number of benzene rings is 1. The van der Waals surface area contributed by atoms with Crippen LogP contribution >= 0.6 is 11.6 Å². The summed E-state index contributed by atoms with van der Waals surface area (Å²) in [4.78, 5) is 32.5. The molecule has 0 saturated carbocycles. The highest BCUT2D eigenvalue weighted by Gasteiger charge is 2.23. The molecule has 1 amide bonds. The van der Waals surface area contributed by atoms with E-state index in [0.717, 1.165) is 6.07 Å². The van der Waals surface area contributed by atoms with Crippen LogP contribution in [0.3, 0.4) is 0 Å². The number of carbonyl (C=O) groups is 2. The lowest BCUT2D eigenvalue weighted by atomic mass is 10.2. The molecule has 1 aromatic rings. The van der Waals surface area contributed by atoms with Crippen molar-refractivity contribution in [2.24, 2.45) is 0 Å². The Morgan fingerprint density at radius 3 is 2.57 bits per heavy atom.